The molecule has 1 aromatic carbocycles. The van der Waals surface area contributed by atoms with Gasteiger partial charge in [0.1, 0.15) is 17.3 Å². The van der Waals surface area contributed by atoms with Crippen LogP contribution < -0.4 is 5.32 Å². The molecule has 0 saturated carbocycles. The third kappa shape index (κ3) is 3.79. The largest absolute Gasteiger partial charge is 0.506 e. The summed E-state index contributed by atoms with van der Waals surface area (Å²) in [4.78, 5) is 28.8. The van der Waals surface area contributed by atoms with Crippen molar-refractivity contribution in [1.82, 2.24) is 9.97 Å². The fraction of sp³-hybridized carbons (Fsp3) is 0.200. The number of hydrogen-bond donors (Lipinski definition) is 1. The number of aldehydes is 1. The van der Waals surface area contributed by atoms with Crippen LogP contribution >= 0.6 is 11.6 Å². The van der Waals surface area contributed by atoms with E-state index in [0.717, 1.165) is 5.56 Å². The molecular formula is C15H15ClN3O3+. The van der Waals surface area contributed by atoms with E-state index in [2.05, 4.69) is 15.3 Å². The van der Waals surface area contributed by atoms with Crippen LogP contribution in [-0.2, 0) is 11.2 Å². The Morgan fingerprint density at radius 3 is 2.77 bits per heavy atom. The van der Waals surface area contributed by atoms with E-state index in [9.17, 15) is 9.59 Å². The van der Waals surface area contributed by atoms with E-state index in [1.807, 2.05) is 30.3 Å². The van der Waals surface area contributed by atoms with Crippen LogP contribution in [0.15, 0.2) is 36.7 Å². The average Bonchev–Trinajstić information content (AvgIpc) is 2.54. The maximum atomic E-state index is 11.1. The van der Waals surface area contributed by atoms with Gasteiger partial charge in [0.25, 0.3) is 0 Å². The quantitative estimate of drug-likeness (QED) is 0.381. The lowest BCUT2D eigenvalue weighted by atomic mass is 10.1. The molecule has 0 bridgehead atoms. The number of methoxy groups -OCH3 is 1. The third-order valence-electron chi connectivity index (χ3n) is 3.05. The Balaban J connectivity index is 2.26. The summed E-state index contributed by atoms with van der Waals surface area (Å²) in [5.74, 6) is 0.0231. The molecular weight excluding hydrogens is 306 g/mol. The highest BCUT2D eigenvalue weighted by Gasteiger charge is 2.28. The minimum Gasteiger partial charge on any atom is -0.351 e. The van der Waals surface area contributed by atoms with Gasteiger partial charge in [0.2, 0.25) is 0 Å². The summed E-state index contributed by atoms with van der Waals surface area (Å²) in [6.07, 6.45) is 2.25. The first-order valence-electron chi connectivity index (χ1n) is 6.51. The molecule has 0 amide bonds. The van der Waals surface area contributed by atoms with Gasteiger partial charge in [0, 0.05) is 6.42 Å². The van der Waals surface area contributed by atoms with Crippen molar-refractivity contribution in [3.05, 3.63) is 52.9 Å². The number of halogens is 1. The lowest BCUT2D eigenvalue weighted by Gasteiger charge is -2.14. The van der Waals surface area contributed by atoms with Crippen LogP contribution in [0.3, 0.4) is 0 Å². The summed E-state index contributed by atoms with van der Waals surface area (Å²) in [5, 5.41) is 3.00. The lowest BCUT2D eigenvalue weighted by molar-refractivity contribution is 0.112. The molecule has 7 heteroatoms. The van der Waals surface area contributed by atoms with E-state index in [-0.39, 0.29) is 22.5 Å². The van der Waals surface area contributed by atoms with Crippen molar-refractivity contribution in [2.24, 2.45) is 0 Å². The Hall–Kier alpha value is -2.47. The minimum atomic E-state index is -0.586. The fourth-order valence-electron chi connectivity index (χ4n) is 1.95. The number of anilines is 1. The summed E-state index contributed by atoms with van der Waals surface area (Å²) >= 11 is 5.86. The number of aromatic nitrogens is 2. The van der Waals surface area contributed by atoms with Gasteiger partial charge in [0.15, 0.2) is 19.4 Å². The number of ether oxygens (including phenoxy) is 1. The zero-order valence-electron chi connectivity index (χ0n) is 11.9. The zero-order chi connectivity index (χ0) is 15.9. The maximum Gasteiger partial charge on any atom is 0.506 e. The normalized spacial score (nSPS) is 11.5. The number of nitrogens with zero attached hydrogens (tertiary/aromatic N) is 2. The molecule has 0 saturated heterocycles. The fourth-order valence-corrected chi connectivity index (χ4v) is 2.13. The highest BCUT2D eigenvalue weighted by atomic mass is 35.5. The van der Waals surface area contributed by atoms with Crippen molar-refractivity contribution < 1.29 is 14.3 Å². The summed E-state index contributed by atoms with van der Waals surface area (Å²) in [5.41, 5.74) is 1.11. The smallest absolute Gasteiger partial charge is 0.351 e. The number of benzene rings is 1. The van der Waals surface area contributed by atoms with Crippen molar-refractivity contribution in [3.63, 3.8) is 0 Å². The van der Waals surface area contributed by atoms with Crippen molar-refractivity contribution in [1.29, 1.82) is 0 Å². The average molecular weight is 321 g/mol. The highest BCUT2D eigenvalue weighted by molar-refractivity contribution is 6.32. The van der Waals surface area contributed by atoms with Crippen LogP contribution in [0.1, 0.15) is 15.9 Å². The van der Waals surface area contributed by atoms with Crippen molar-refractivity contribution >= 4 is 29.7 Å². The molecule has 114 valence electrons. The molecule has 2 N–H and O–H groups in total. The Labute approximate surface area is 132 Å². The summed E-state index contributed by atoms with van der Waals surface area (Å²) in [6, 6.07) is 8.96. The molecule has 0 radical (unpaired) electrons. The molecule has 6 nitrogen and oxygen atoms in total. The first kappa shape index (κ1) is 15.9. The second-order valence-corrected chi connectivity index (χ2v) is 4.83. The Morgan fingerprint density at radius 2 is 2.14 bits per heavy atom. The molecule has 1 heterocycles. The molecule has 0 aliphatic carbocycles. The van der Waals surface area contributed by atoms with Crippen LogP contribution in [0, 0.1) is 0 Å². The van der Waals surface area contributed by atoms with Gasteiger partial charge >= 0.3 is 5.97 Å². The SMILES string of the molecule is COC(=[OH+])C(Cc1ccccc1)Nc1ncnc(Cl)c1C=O. The Bertz CT molecular complexity index is 664. The molecule has 2 rings (SSSR count). The molecule has 22 heavy (non-hydrogen) atoms. The Morgan fingerprint density at radius 1 is 1.41 bits per heavy atom. The number of carbonyl (C=O) groups excluding carboxylic acids is 2. The van der Waals surface area contributed by atoms with Gasteiger partial charge in [0.05, 0.1) is 5.56 Å². The molecule has 2 aromatic rings. The molecule has 1 aromatic heterocycles. The predicted molar refractivity (Wildman–Crippen MR) is 83.9 cm³/mol. The van der Waals surface area contributed by atoms with E-state index in [0.29, 0.717) is 12.7 Å². The van der Waals surface area contributed by atoms with E-state index >= 15 is 0 Å². The van der Waals surface area contributed by atoms with Gasteiger partial charge in [-0.25, -0.2) is 9.97 Å². The standard InChI is InChI=1S/C15H14ClN3O3/c1-22-15(21)12(7-10-5-3-2-4-6-10)19-14-11(8-20)13(16)17-9-18-14/h2-6,8-9,12H,7H2,1H3,(H,17,18,19)/p+1. The molecule has 1 unspecified atom stereocenters. The molecule has 0 fully saturated rings. The van der Waals surface area contributed by atoms with Crippen LogP contribution in [0.4, 0.5) is 5.82 Å². The molecule has 1 atom stereocenters. The second-order valence-electron chi connectivity index (χ2n) is 4.47. The van der Waals surface area contributed by atoms with Crippen molar-refractivity contribution in [2.75, 3.05) is 12.4 Å². The van der Waals surface area contributed by atoms with E-state index in [1.54, 1.807) is 0 Å². The first-order chi connectivity index (χ1) is 10.7. The number of esters is 1. The summed E-state index contributed by atoms with van der Waals surface area (Å²) in [7, 11) is 1.36. The second kappa shape index (κ2) is 7.51. The van der Waals surface area contributed by atoms with Gasteiger partial charge in [-0.1, -0.05) is 41.9 Å². The minimum absolute atomic E-state index is 0.0443. The van der Waals surface area contributed by atoms with Crippen molar-refractivity contribution in [3.8, 4) is 0 Å². The lowest BCUT2D eigenvalue weighted by Crippen LogP contribution is -2.34. The third-order valence-corrected chi connectivity index (χ3v) is 3.36. The topological polar surface area (TPSA) is 85.5 Å². The van der Waals surface area contributed by atoms with Crippen LogP contribution in [0.2, 0.25) is 5.15 Å². The maximum absolute atomic E-state index is 11.1. The van der Waals surface area contributed by atoms with Crippen molar-refractivity contribution in [2.45, 2.75) is 12.5 Å². The van der Waals surface area contributed by atoms with Crippen LogP contribution in [0.25, 0.3) is 0 Å². The number of carbonyl (C=O) groups is 1. The molecule has 0 aliphatic rings. The Kier molecular flexibility index (Phi) is 5.43. The number of rotatable bonds is 6. The highest BCUT2D eigenvalue weighted by Crippen LogP contribution is 2.19. The summed E-state index contributed by atoms with van der Waals surface area (Å²) in [6.45, 7) is 0. The number of hydrogen-bond acceptors (Lipinski definition) is 5. The molecule has 0 spiro atoms. The summed E-state index contributed by atoms with van der Waals surface area (Å²) < 4.78 is 4.91. The van der Waals surface area contributed by atoms with Gasteiger partial charge in [-0.3, -0.25) is 4.79 Å². The van der Waals surface area contributed by atoms with E-state index < -0.39 is 6.04 Å². The van der Waals surface area contributed by atoms with E-state index in [1.165, 1.54) is 13.4 Å². The van der Waals surface area contributed by atoms with E-state index in [4.69, 9.17) is 16.3 Å². The zero-order valence-corrected chi connectivity index (χ0v) is 12.6. The monoisotopic (exact) mass is 320 g/mol. The van der Waals surface area contributed by atoms with Crippen LogP contribution in [0.5, 0.6) is 0 Å². The van der Waals surface area contributed by atoms with Crippen LogP contribution in [-0.4, -0.2) is 40.2 Å². The van der Waals surface area contributed by atoms with Gasteiger partial charge < -0.3 is 14.8 Å². The number of nitrogens with one attached hydrogen (secondary N) is 1. The van der Waals surface area contributed by atoms with Gasteiger partial charge in [-0.2, -0.15) is 0 Å². The molecule has 0 aliphatic heterocycles. The van der Waals surface area contributed by atoms with Gasteiger partial charge in [-0.05, 0) is 5.56 Å². The first-order valence-corrected chi connectivity index (χ1v) is 6.89. The van der Waals surface area contributed by atoms with Gasteiger partial charge in [-0.15, -0.1) is 0 Å². The predicted octanol–water partition coefficient (Wildman–Crippen LogP) is 2.11.